The molecule has 2 aliphatic rings. The van der Waals surface area contributed by atoms with Crippen LogP contribution in [0.15, 0.2) is 36.4 Å². The van der Waals surface area contributed by atoms with Crippen LogP contribution in [-0.2, 0) is 0 Å². The standard InChI is InChI=1S/C18H20N4O/c1-12-2-7-16(21-20-12)13-3-5-14(6-4-13)18(23)22-9-8-15-10-19-11-17(15)22/h2-7,15,17,19H,8-11H2,1H3. The summed E-state index contributed by atoms with van der Waals surface area (Å²) in [4.78, 5) is 14.8. The summed E-state index contributed by atoms with van der Waals surface area (Å²) in [5, 5.41) is 11.7. The van der Waals surface area contributed by atoms with E-state index in [-0.39, 0.29) is 5.91 Å². The van der Waals surface area contributed by atoms with Crippen molar-refractivity contribution in [2.24, 2.45) is 5.92 Å². The molecule has 3 heterocycles. The minimum absolute atomic E-state index is 0.141. The van der Waals surface area contributed by atoms with E-state index in [0.29, 0.717) is 12.0 Å². The minimum atomic E-state index is 0.141. The summed E-state index contributed by atoms with van der Waals surface area (Å²) in [6, 6.07) is 12.0. The van der Waals surface area contributed by atoms with Crippen molar-refractivity contribution in [3.05, 3.63) is 47.7 Å². The zero-order valence-electron chi connectivity index (χ0n) is 13.2. The van der Waals surface area contributed by atoms with Crippen LogP contribution in [0.4, 0.5) is 0 Å². The van der Waals surface area contributed by atoms with Crippen LogP contribution in [0, 0.1) is 12.8 Å². The average Bonchev–Trinajstić information content (AvgIpc) is 3.18. The van der Waals surface area contributed by atoms with Crippen LogP contribution in [0.2, 0.25) is 0 Å². The number of carbonyl (C=O) groups excluding carboxylic acids is 1. The highest BCUT2D eigenvalue weighted by atomic mass is 16.2. The van der Waals surface area contributed by atoms with Crippen molar-refractivity contribution in [2.75, 3.05) is 19.6 Å². The van der Waals surface area contributed by atoms with Crippen LogP contribution >= 0.6 is 0 Å². The van der Waals surface area contributed by atoms with Gasteiger partial charge in [-0.2, -0.15) is 10.2 Å². The number of nitrogens with zero attached hydrogens (tertiary/aromatic N) is 3. The number of nitrogens with one attached hydrogen (secondary N) is 1. The normalized spacial score (nSPS) is 23.1. The first-order valence-electron chi connectivity index (χ1n) is 8.15. The summed E-state index contributed by atoms with van der Waals surface area (Å²) in [7, 11) is 0. The van der Waals surface area contributed by atoms with Crippen LogP contribution in [0.25, 0.3) is 11.3 Å². The van der Waals surface area contributed by atoms with Crippen molar-refractivity contribution in [3.63, 3.8) is 0 Å². The Balaban J connectivity index is 1.53. The molecule has 1 aromatic carbocycles. The molecular weight excluding hydrogens is 288 g/mol. The third kappa shape index (κ3) is 2.61. The second kappa shape index (κ2) is 5.74. The fraction of sp³-hybridized carbons (Fsp3) is 0.389. The summed E-state index contributed by atoms with van der Waals surface area (Å²) in [6.45, 7) is 4.76. The summed E-state index contributed by atoms with van der Waals surface area (Å²) in [5.74, 6) is 0.767. The summed E-state index contributed by atoms with van der Waals surface area (Å²) in [6.07, 6.45) is 1.11. The first-order valence-corrected chi connectivity index (χ1v) is 8.15. The van der Waals surface area contributed by atoms with Gasteiger partial charge in [0, 0.05) is 36.8 Å². The molecule has 2 aliphatic heterocycles. The van der Waals surface area contributed by atoms with E-state index in [1.807, 2.05) is 48.2 Å². The zero-order valence-corrected chi connectivity index (χ0v) is 13.2. The number of hydrogen-bond acceptors (Lipinski definition) is 4. The van der Waals surface area contributed by atoms with E-state index in [4.69, 9.17) is 0 Å². The van der Waals surface area contributed by atoms with E-state index in [2.05, 4.69) is 15.5 Å². The molecule has 0 saturated carbocycles. The van der Waals surface area contributed by atoms with Gasteiger partial charge in [-0.1, -0.05) is 12.1 Å². The maximum Gasteiger partial charge on any atom is 0.254 e. The van der Waals surface area contributed by atoms with Crippen molar-refractivity contribution in [1.82, 2.24) is 20.4 Å². The Morgan fingerprint density at radius 2 is 1.96 bits per heavy atom. The second-order valence-corrected chi connectivity index (χ2v) is 6.41. The van der Waals surface area contributed by atoms with Crippen molar-refractivity contribution in [1.29, 1.82) is 0 Å². The molecule has 4 rings (SSSR count). The number of aryl methyl sites for hydroxylation is 1. The van der Waals surface area contributed by atoms with Gasteiger partial charge < -0.3 is 10.2 Å². The Labute approximate surface area is 135 Å². The van der Waals surface area contributed by atoms with Gasteiger partial charge in [-0.25, -0.2) is 0 Å². The number of amides is 1. The number of carbonyl (C=O) groups is 1. The number of likely N-dealkylation sites (tertiary alicyclic amines) is 1. The van der Waals surface area contributed by atoms with Gasteiger partial charge in [0.15, 0.2) is 0 Å². The molecule has 2 unspecified atom stereocenters. The Hall–Kier alpha value is -2.27. The van der Waals surface area contributed by atoms with Crippen LogP contribution in [0.5, 0.6) is 0 Å². The monoisotopic (exact) mass is 308 g/mol. The van der Waals surface area contributed by atoms with Gasteiger partial charge in [-0.3, -0.25) is 4.79 Å². The number of hydrogen-bond donors (Lipinski definition) is 1. The molecule has 1 amide bonds. The Morgan fingerprint density at radius 1 is 1.13 bits per heavy atom. The van der Waals surface area contributed by atoms with E-state index in [1.165, 1.54) is 0 Å². The fourth-order valence-electron chi connectivity index (χ4n) is 3.60. The van der Waals surface area contributed by atoms with Crippen molar-refractivity contribution >= 4 is 5.91 Å². The van der Waals surface area contributed by atoms with Crippen LogP contribution in [-0.4, -0.2) is 46.7 Å². The number of aromatic nitrogens is 2. The molecule has 5 heteroatoms. The van der Waals surface area contributed by atoms with E-state index < -0.39 is 0 Å². The van der Waals surface area contributed by atoms with Crippen LogP contribution in [0.1, 0.15) is 22.5 Å². The lowest BCUT2D eigenvalue weighted by Gasteiger charge is -2.23. The molecule has 0 radical (unpaired) electrons. The maximum atomic E-state index is 12.8. The van der Waals surface area contributed by atoms with E-state index >= 15 is 0 Å². The maximum absolute atomic E-state index is 12.8. The molecule has 2 atom stereocenters. The van der Waals surface area contributed by atoms with Gasteiger partial charge in [0.2, 0.25) is 0 Å². The largest absolute Gasteiger partial charge is 0.334 e. The molecule has 0 bridgehead atoms. The predicted molar refractivity (Wildman–Crippen MR) is 88.0 cm³/mol. The van der Waals surface area contributed by atoms with Gasteiger partial charge in [0.1, 0.15) is 0 Å². The van der Waals surface area contributed by atoms with E-state index in [9.17, 15) is 4.79 Å². The molecule has 1 N–H and O–H groups in total. The molecular formula is C18H20N4O. The molecule has 2 aromatic rings. The van der Waals surface area contributed by atoms with E-state index in [1.54, 1.807) is 0 Å². The third-order valence-corrected chi connectivity index (χ3v) is 4.93. The first kappa shape index (κ1) is 14.3. The Bertz CT molecular complexity index is 711. The smallest absolute Gasteiger partial charge is 0.254 e. The molecule has 23 heavy (non-hydrogen) atoms. The lowest BCUT2D eigenvalue weighted by molar-refractivity contribution is 0.0737. The summed E-state index contributed by atoms with van der Waals surface area (Å²) < 4.78 is 0. The Kier molecular flexibility index (Phi) is 3.58. The quantitative estimate of drug-likeness (QED) is 0.920. The molecule has 118 valence electrons. The SMILES string of the molecule is Cc1ccc(-c2ccc(C(=O)N3CCC4CNCC43)cc2)nn1. The molecule has 0 spiro atoms. The highest BCUT2D eigenvalue weighted by molar-refractivity contribution is 5.95. The van der Waals surface area contributed by atoms with Gasteiger partial charge in [0.05, 0.1) is 11.4 Å². The lowest BCUT2D eigenvalue weighted by Crippen LogP contribution is -2.39. The fourth-order valence-corrected chi connectivity index (χ4v) is 3.60. The first-order chi connectivity index (χ1) is 11.2. The third-order valence-electron chi connectivity index (χ3n) is 4.93. The van der Waals surface area contributed by atoms with E-state index in [0.717, 1.165) is 48.6 Å². The lowest BCUT2D eigenvalue weighted by atomic mass is 10.0. The highest BCUT2D eigenvalue weighted by Gasteiger charge is 2.39. The number of benzene rings is 1. The molecule has 1 aromatic heterocycles. The summed E-state index contributed by atoms with van der Waals surface area (Å²) >= 11 is 0. The van der Waals surface area contributed by atoms with Gasteiger partial charge in [0.25, 0.3) is 5.91 Å². The van der Waals surface area contributed by atoms with Gasteiger partial charge >= 0.3 is 0 Å². The predicted octanol–water partition coefficient (Wildman–Crippen LogP) is 1.89. The number of fused-ring (bicyclic) bond motifs is 1. The highest BCUT2D eigenvalue weighted by Crippen LogP contribution is 2.28. The Morgan fingerprint density at radius 3 is 2.70 bits per heavy atom. The van der Waals surface area contributed by atoms with Crippen molar-refractivity contribution < 1.29 is 4.79 Å². The minimum Gasteiger partial charge on any atom is -0.334 e. The second-order valence-electron chi connectivity index (χ2n) is 6.41. The van der Waals surface area contributed by atoms with Crippen molar-refractivity contribution in [3.8, 4) is 11.3 Å². The van der Waals surface area contributed by atoms with Crippen LogP contribution < -0.4 is 5.32 Å². The molecule has 2 fully saturated rings. The molecule has 0 aliphatic carbocycles. The zero-order chi connectivity index (χ0) is 15.8. The van der Waals surface area contributed by atoms with Crippen LogP contribution in [0.3, 0.4) is 0 Å². The van der Waals surface area contributed by atoms with Crippen molar-refractivity contribution in [2.45, 2.75) is 19.4 Å². The van der Waals surface area contributed by atoms with Gasteiger partial charge in [-0.05, 0) is 43.5 Å². The average molecular weight is 308 g/mol. The number of rotatable bonds is 2. The van der Waals surface area contributed by atoms with Gasteiger partial charge in [-0.15, -0.1) is 0 Å². The molecule has 5 nitrogen and oxygen atoms in total. The molecule has 2 saturated heterocycles. The summed E-state index contributed by atoms with van der Waals surface area (Å²) in [5.41, 5.74) is 3.46. The topological polar surface area (TPSA) is 58.1 Å².